The van der Waals surface area contributed by atoms with Gasteiger partial charge in [0.25, 0.3) is 5.91 Å². The molecular weight excluding hydrogens is 244 g/mol. The third-order valence-corrected chi connectivity index (χ3v) is 3.41. The van der Waals surface area contributed by atoms with E-state index in [9.17, 15) is 4.79 Å². The molecule has 0 aliphatic heterocycles. The summed E-state index contributed by atoms with van der Waals surface area (Å²) in [6.45, 7) is 3.89. The fourth-order valence-electron chi connectivity index (χ4n) is 1.84. The number of amides is 1. The fraction of sp³-hybridized carbons (Fsp3) is 0.692. The predicted molar refractivity (Wildman–Crippen MR) is 72.9 cm³/mol. The van der Waals surface area contributed by atoms with Crippen LogP contribution in [0.5, 0.6) is 0 Å². The van der Waals surface area contributed by atoms with Gasteiger partial charge in [-0.05, 0) is 25.2 Å². The topological polar surface area (TPSA) is 84.2 Å². The van der Waals surface area contributed by atoms with Gasteiger partial charge in [-0.15, -0.1) is 0 Å². The molecule has 0 aromatic carbocycles. The number of aromatic nitrogens is 2. The summed E-state index contributed by atoms with van der Waals surface area (Å²) in [5.74, 6) is 0.582. The van der Waals surface area contributed by atoms with Crippen LogP contribution in [0.3, 0.4) is 0 Å². The maximum Gasteiger partial charge on any atom is 0.276 e. The van der Waals surface area contributed by atoms with Gasteiger partial charge in [0.2, 0.25) is 0 Å². The highest BCUT2D eigenvalue weighted by Crippen LogP contribution is 2.28. The minimum atomic E-state index is -0.163. The second-order valence-corrected chi connectivity index (χ2v) is 5.06. The molecule has 2 rings (SSSR count). The number of rotatable bonds is 7. The number of ether oxygens (including phenoxy) is 1. The van der Waals surface area contributed by atoms with Gasteiger partial charge in [-0.2, -0.15) is 5.10 Å². The van der Waals surface area contributed by atoms with E-state index < -0.39 is 0 Å². The number of hydrogen-bond donors (Lipinski definition) is 2. The maximum atomic E-state index is 12.1. The van der Waals surface area contributed by atoms with Gasteiger partial charge in [0.05, 0.1) is 18.0 Å². The lowest BCUT2D eigenvalue weighted by Crippen LogP contribution is -2.31. The van der Waals surface area contributed by atoms with Gasteiger partial charge in [0.15, 0.2) is 5.69 Å². The number of aromatic amines is 1. The van der Waals surface area contributed by atoms with E-state index in [1.807, 2.05) is 6.92 Å². The van der Waals surface area contributed by atoms with Crippen LogP contribution in [-0.4, -0.2) is 47.8 Å². The van der Waals surface area contributed by atoms with Crippen LogP contribution in [0.15, 0.2) is 0 Å². The van der Waals surface area contributed by atoms with Crippen molar-refractivity contribution in [1.29, 1.82) is 0 Å². The zero-order chi connectivity index (χ0) is 13.8. The molecule has 0 atom stereocenters. The standard InChI is InChI=1S/C13H22N4O2/c1-3-10-11(14)12(16-15-10)13(18)17(2)6-7-19-8-9-4-5-9/h9H,3-8,14H2,1-2H3,(H,15,16). The molecule has 1 fully saturated rings. The summed E-state index contributed by atoms with van der Waals surface area (Å²) in [5, 5.41) is 6.79. The first-order valence-electron chi connectivity index (χ1n) is 6.79. The minimum absolute atomic E-state index is 0.163. The number of nitrogens with one attached hydrogen (secondary N) is 1. The number of H-pyrrole nitrogens is 1. The Morgan fingerprint density at radius 1 is 1.58 bits per heavy atom. The Kier molecular flexibility index (Phi) is 4.42. The molecule has 1 aliphatic rings. The van der Waals surface area contributed by atoms with Gasteiger partial charge in [0, 0.05) is 20.2 Å². The number of hydrogen-bond acceptors (Lipinski definition) is 4. The van der Waals surface area contributed by atoms with E-state index in [0.29, 0.717) is 24.5 Å². The number of nitrogens with zero attached hydrogens (tertiary/aromatic N) is 2. The van der Waals surface area contributed by atoms with Crippen LogP contribution >= 0.6 is 0 Å². The maximum absolute atomic E-state index is 12.1. The quantitative estimate of drug-likeness (QED) is 0.723. The molecule has 3 N–H and O–H groups in total. The van der Waals surface area contributed by atoms with Gasteiger partial charge in [-0.3, -0.25) is 9.89 Å². The predicted octanol–water partition coefficient (Wildman–Crippen LogP) is 1.05. The lowest BCUT2D eigenvalue weighted by Gasteiger charge is -2.16. The van der Waals surface area contributed by atoms with Crippen LogP contribution in [0.25, 0.3) is 0 Å². The second-order valence-electron chi connectivity index (χ2n) is 5.06. The summed E-state index contributed by atoms with van der Waals surface area (Å²) in [4.78, 5) is 13.7. The van der Waals surface area contributed by atoms with Crippen molar-refractivity contribution in [3.63, 3.8) is 0 Å². The smallest absolute Gasteiger partial charge is 0.276 e. The van der Waals surface area contributed by atoms with Crippen molar-refractivity contribution in [2.24, 2.45) is 5.92 Å². The minimum Gasteiger partial charge on any atom is -0.395 e. The molecule has 0 radical (unpaired) electrons. The largest absolute Gasteiger partial charge is 0.395 e. The number of carbonyl (C=O) groups excluding carboxylic acids is 1. The third-order valence-electron chi connectivity index (χ3n) is 3.41. The van der Waals surface area contributed by atoms with Crippen molar-refractivity contribution in [1.82, 2.24) is 15.1 Å². The molecule has 19 heavy (non-hydrogen) atoms. The van der Waals surface area contributed by atoms with Crippen molar-refractivity contribution in [2.45, 2.75) is 26.2 Å². The molecule has 0 bridgehead atoms. The zero-order valence-electron chi connectivity index (χ0n) is 11.6. The molecule has 1 aromatic rings. The van der Waals surface area contributed by atoms with Crippen LogP contribution < -0.4 is 5.73 Å². The first-order valence-corrected chi connectivity index (χ1v) is 6.79. The average Bonchev–Trinajstić information content (AvgIpc) is 3.16. The van der Waals surface area contributed by atoms with Crippen molar-refractivity contribution >= 4 is 11.6 Å². The Hall–Kier alpha value is -1.56. The summed E-state index contributed by atoms with van der Waals surface area (Å²) >= 11 is 0. The molecule has 6 nitrogen and oxygen atoms in total. The third kappa shape index (κ3) is 3.47. The van der Waals surface area contributed by atoms with Crippen molar-refractivity contribution in [3.05, 3.63) is 11.4 Å². The summed E-state index contributed by atoms with van der Waals surface area (Å²) in [6.07, 6.45) is 3.29. The molecule has 0 saturated heterocycles. The van der Waals surface area contributed by atoms with E-state index >= 15 is 0 Å². The molecule has 0 spiro atoms. The monoisotopic (exact) mass is 266 g/mol. The van der Waals surface area contributed by atoms with Gasteiger partial charge in [0.1, 0.15) is 0 Å². The molecule has 1 heterocycles. The highest BCUT2D eigenvalue weighted by atomic mass is 16.5. The summed E-state index contributed by atoms with van der Waals surface area (Å²) in [6, 6.07) is 0. The van der Waals surface area contributed by atoms with Crippen LogP contribution in [-0.2, 0) is 11.2 Å². The van der Waals surface area contributed by atoms with Crippen molar-refractivity contribution in [2.75, 3.05) is 32.5 Å². The Balaban J connectivity index is 1.81. The Bertz CT molecular complexity index is 440. The number of aryl methyl sites for hydroxylation is 1. The summed E-state index contributed by atoms with van der Waals surface area (Å²) < 4.78 is 5.52. The van der Waals surface area contributed by atoms with Crippen LogP contribution in [0.2, 0.25) is 0 Å². The van der Waals surface area contributed by atoms with Gasteiger partial charge < -0.3 is 15.4 Å². The molecule has 1 amide bonds. The average molecular weight is 266 g/mol. The number of nitrogens with two attached hydrogens (primary N) is 1. The van der Waals surface area contributed by atoms with Gasteiger partial charge in [-0.1, -0.05) is 6.92 Å². The van der Waals surface area contributed by atoms with Gasteiger partial charge in [-0.25, -0.2) is 0 Å². The highest BCUT2D eigenvalue weighted by molar-refractivity contribution is 5.97. The second kappa shape index (κ2) is 6.06. The summed E-state index contributed by atoms with van der Waals surface area (Å²) in [5.41, 5.74) is 7.45. The van der Waals surface area contributed by atoms with E-state index in [4.69, 9.17) is 10.5 Å². The van der Waals surface area contributed by atoms with E-state index in [1.54, 1.807) is 11.9 Å². The molecule has 106 valence electrons. The molecule has 1 saturated carbocycles. The SMILES string of the molecule is CCc1[nH]nc(C(=O)N(C)CCOCC2CC2)c1N. The van der Waals surface area contributed by atoms with E-state index in [2.05, 4.69) is 10.2 Å². The number of likely N-dealkylation sites (N-methyl/N-ethyl adjacent to an activating group) is 1. The van der Waals surface area contributed by atoms with Crippen LogP contribution in [0, 0.1) is 5.92 Å². The number of carbonyl (C=O) groups is 1. The summed E-state index contributed by atoms with van der Waals surface area (Å²) in [7, 11) is 1.74. The lowest BCUT2D eigenvalue weighted by molar-refractivity contribution is 0.0677. The van der Waals surface area contributed by atoms with E-state index in [1.165, 1.54) is 12.8 Å². The molecule has 0 unspecified atom stereocenters. The Morgan fingerprint density at radius 3 is 2.89 bits per heavy atom. The normalized spacial score (nSPS) is 14.6. The number of nitrogen functional groups attached to an aromatic ring is 1. The lowest BCUT2D eigenvalue weighted by atomic mass is 10.2. The number of anilines is 1. The highest BCUT2D eigenvalue weighted by Gasteiger charge is 2.22. The Morgan fingerprint density at radius 2 is 2.32 bits per heavy atom. The fourth-order valence-corrected chi connectivity index (χ4v) is 1.84. The molecule has 1 aliphatic carbocycles. The van der Waals surface area contributed by atoms with Crippen molar-refractivity contribution < 1.29 is 9.53 Å². The molecular formula is C13H22N4O2. The zero-order valence-corrected chi connectivity index (χ0v) is 11.6. The molecule has 1 aromatic heterocycles. The van der Waals surface area contributed by atoms with Crippen molar-refractivity contribution in [3.8, 4) is 0 Å². The van der Waals surface area contributed by atoms with Crippen LogP contribution in [0.4, 0.5) is 5.69 Å². The van der Waals surface area contributed by atoms with Crippen LogP contribution in [0.1, 0.15) is 35.9 Å². The molecule has 6 heteroatoms. The first kappa shape index (κ1) is 13.9. The first-order chi connectivity index (χ1) is 9.13. The van der Waals surface area contributed by atoms with E-state index in [-0.39, 0.29) is 5.91 Å². The van der Waals surface area contributed by atoms with E-state index in [0.717, 1.165) is 24.6 Å². The Labute approximate surface area is 113 Å². The van der Waals surface area contributed by atoms with Gasteiger partial charge >= 0.3 is 0 Å².